The third kappa shape index (κ3) is 5.73. The molecule has 2 aromatic carbocycles. The maximum absolute atomic E-state index is 14.7. The third-order valence-electron chi connectivity index (χ3n) is 5.03. The van der Waals surface area contributed by atoms with Crippen molar-refractivity contribution in [2.45, 2.75) is 45.1 Å². The van der Waals surface area contributed by atoms with E-state index in [2.05, 4.69) is 27.3 Å². The van der Waals surface area contributed by atoms with Gasteiger partial charge in [0.15, 0.2) is 5.11 Å². The van der Waals surface area contributed by atoms with Gasteiger partial charge in [0.2, 0.25) is 0 Å². The predicted octanol–water partition coefficient (Wildman–Crippen LogP) is 6.39. The van der Waals surface area contributed by atoms with Crippen LogP contribution in [0.2, 0.25) is 0 Å². The van der Waals surface area contributed by atoms with Gasteiger partial charge in [-0.15, -0.1) is 0 Å². The van der Waals surface area contributed by atoms with E-state index in [0.29, 0.717) is 11.3 Å². The molecule has 0 bridgehead atoms. The number of carbonyl (C=O) groups is 1. The summed E-state index contributed by atoms with van der Waals surface area (Å²) in [6.07, 6.45) is 7.59. The largest absolute Gasteiger partial charge is 0.313 e. The Bertz CT molecular complexity index is 916. The van der Waals surface area contributed by atoms with Crippen molar-refractivity contribution in [2.24, 2.45) is 0 Å². The zero-order valence-corrected chi connectivity index (χ0v) is 18.7. The van der Waals surface area contributed by atoms with Crippen molar-refractivity contribution in [1.29, 1.82) is 0 Å². The molecule has 0 radical (unpaired) electrons. The number of halogens is 2. The minimum atomic E-state index is -0.381. The van der Waals surface area contributed by atoms with Gasteiger partial charge in [0, 0.05) is 16.1 Å². The Morgan fingerprint density at radius 1 is 1.24 bits per heavy atom. The third-order valence-corrected chi connectivity index (χ3v) is 5.82. The molecule has 1 amide bonds. The van der Waals surface area contributed by atoms with Crippen molar-refractivity contribution < 1.29 is 9.18 Å². The molecule has 0 aromatic heterocycles. The lowest BCUT2D eigenvalue weighted by Crippen LogP contribution is -2.47. The first-order chi connectivity index (χ1) is 14.0. The number of amides is 1. The molecule has 1 N–H and O–H groups in total. The van der Waals surface area contributed by atoms with Gasteiger partial charge in [0.1, 0.15) is 5.82 Å². The molecule has 1 atom stereocenters. The van der Waals surface area contributed by atoms with Crippen LogP contribution < -0.4 is 10.2 Å². The van der Waals surface area contributed by atoms with Gasteiger partial charge in [-0.05, 0) is 81.6 Å². The predicted molar refractivity (Wildman–Crippen MR) is 124 cm³/mol. The molecular weight excluding hydrogens is 451 g/mol. The first-order valence-corrected chi connectivity index (χ1v) is 11.0. The summed E-state index contributed by atoms with van der Waals surface area (Å²) in [6.45, 7) is 2.01. The number of nitrogens with one attached hydrogen (secondary N) is 1. The lowest BCUT2D eigenvalue weighted by molar-refractivity contribution is 0.0977. The fourth-order valence-electron chi connectivity index (χ4n) is 3.60. The van der Waals surface area contributed by atoms with Crippen molar-refractivity contribution in [1.82, 2.24) is 5.32 Å². The highest BCUT2D eigenvalue weighted by Crippen LogP contribution is 2.29. The number of allylic oxidation sites excluding steroid dienone is 1. The number of anilines is 1. The lowest BCUT2D eigenvalue weighted by Gasteiger charge is -2.33. The molecular formula is C23H24BrFN2OS. The van der Waals surface area contributed by atoms with E-state index >= 15 is 0 Å². The Labute approximate surface area is 185 Å². The summed E-state index contributed by atoms with van der Waals surface area (Å²) in [5.41, 5.74) is 2.22. The van der Waals surface area contributed by atoms with E-state index in [-0.39, 0.29) is 22.9 Å². The van der Waals surface area contributed by atoms with E-state index in [9.17, 15) is 9.18 Å². The summed E-state index contributed by atoms with van der Waals surface area (Å²) in [6, 6.07) is 13.5. The molecule has 0 saturated heterocycles. The Kier molecular flexibility index (Phi) is 7.56. The number of nitrogens with zero attached hydrogens (tertiary/aromatic N) is 1. The van der Waals surface area contributed by atoms with E-state index in [1.165, 1.54) is 24.5 Å². The van der Waals surface area contributed by atoms with Crippen LogP contribution in [0.25, 0.3) is 0 Å². The zero-order chi connectivity index (χ0) is 20.8. The molecule has 29 heavy (non-hydrogen) atoms. The van der Waals surface area contributed by atoms with E-state index in [4.69, 9.17) is 12.2 Å². The minimum absolute atomic E-state index is 0.105. The van der Waals surface area contributed by atoms with E-state index < -0.39 is 0 Å². The van der Waals surface area contributed by atoms with E-state index in [1.54, 1.807) is 41.3 Å². The maximum atomic E-state index is 14.7. The summed E-state index contributed by atoms with van der Waals surface area (Å²) in [5, 5.41) is 2.97. The topological polar surface area (TPSA) is 32.3 Å². The van der Waals surface area contributed by atoms with Crippen molar-refractivity contribution >= 4 is 44.9 Å². The number of hydrogen-bond acceptors (Lipinski definition) is 2. The normalized spacial score (nSPS) is 14.7. The van der Waals surface area contributed by atoms with Crippen LogP contribution in [0, 0.1) is 5.82 Å². The minimum Gasteiger partial charge on any atom is -0.313 e. The summed E-state index contributed by atoms with van der Waals surface area (Å²) in [7, 11) is 0. The van der Waals surface area contributed by atoms with E-state index in [0.717, 1.165) is 23.7 Å². The smallest absolute Gasteiger partial charge is 0.257 e. The SMILES string of the molecule is CC(CC1=CCCCC1)N(C(=S)NC(=O)c1ccccc1)c1cc(Br)ccc1F. The van der Waals surface area contributed by atoms with Crippen molar-refractivity contribution in [3.05, 3.63) is 76.0 Å². The van der Waals surface area contributed by atoms with Crippen LogP contribution in [0.5, 0.6) is 0 Å². The molecule has 1 aliphatic carbocycles. The second kappa shape index (κ2) is 10.1. The molecule has 3 nitrogen and oxygen atoms in total. The van der Waals surface area contributed by atoms with Crippen LogP contribution in [-0.2, 0) is 0 Å². The van der Waals surface area contributed by atoms with E-state index in [1.807, 2.05) is 13.0 Å². The Balaban J connectivity index is 1.87. The fraction of sp³-hybridized carbons (Fsp3) is 0.304. The van der Waals surface area contributed by atoms with Crippen LogP contribution >= 0.6 is 28.1 Å². The number of rotatable bonds is 5. The van der Waals surface area contributed by atoms with Gasteiger partial charge in [0.05, 0.1) is 5.69 Å². The van der Waals surface area contributed by atoms with Gasteiger partial charge in [-0.1, -0.05) is 45.8 Å². The summed E-state index contributed by atoms with van der Waals surface area (Å²) in [4.78, 5) is 14.3. The highest BCUT2D eigenvalue weighted by atomic mass is 79.9. The Morgan fingerprint density at radius 3 is 2.69 bits per heavy atom. The van der Waals surface area contributed by atoms with Crippen LogP contribution in [0.4, 0.5) is 10.1 Å². The standard InChI is InChI=1S/C23H24BrFN2OS/c1-16(14-17-8-4-2-5-9-17)27(21-15-19(24)12-13-20(21)25)23(29)26-22(28)18-10-6-3-7-11-18/h3,6-8,10-13,15-16H,2,4-5,9,14H2,1H3,(H,26,28,29). The van der Waals surface area contributed by atoms with Crippen molar-refractivity contribution in [2.75, 3.05) is 4.90 Å². The van der Waals surface area contributed by atoms with Crippen LogP contribution in [0.1, 0.15) is 49.4 Å². The van der Waals surface area contributed by atoms with Crippen LogP contribution in [0.3, 0.4) is 0 Å². The first kappa shape index (κ1) is 21.7. The van der Waals surface area contributed by atoms with Gasteiger partial charge >= 0.3 is 0 Å². The molecule has 0 fully saturated rings. The molecule has 152 valence electrons. The Hall–Kier alpha value is -2.05. The quantitative estimate of drug-likeness (QED) is 0.402. The number of benzene rings is 2. The van der Waals surface area contributed by atoms with Gasteiger partial charge in [-0.25, -0.2) is 4.39 Å². The highest BCUT2D eigenvalue weighted by Gasteiger charge is 2.25. The first-order valence-electron chi connectivity index (χ1n) is 9.78. The molecule has 1 unspecified atom stereocenters. The molecule has 0 heterocycles. The van der Waals surface area contributed by atoms with Crippen molar-refractivity contribution in [3.8, 4) is 0 Å². The highest BCUT2D eigenvalue weighted by molar-refractivity contribution is 9.10. The summed E-state index contributed by atoms with van der Waals surface area (Å²) < 4.78 is 15.5. The zero-order valence-electron chi connectivity index (χ0n) is 16.3. The second-order valence-electron chi connectivity index (χ2n) is 7.25. The van der Waals surface area contributed by atoms with Crippen LogP contribution in [-0.4, -0.2) is 17.1 Å². The van der Waals surface area contributed by atoms with Gasteiger partial charge in [-0.3, -0.25) is 10.1 Å². The summed E-state index contributed by atoms with van der Waals surface area (Å²) >= 11 is 8.99. The Morgan fingerprint density at radius 2 is 2.00 bits per heavy atom. The maximum Gasteiger partial charge on any atom is 0.257 e. The molecule has 3 rings (SSSR count). The van der Waals surface area contributed by atoms with Crippen LogP contribution in [0.15, 0.2) is 64.7 Å². The molecule has 2 aromatic rings. The number of hydrogen-bond donors (Lipinski definition) is 1. The van der Waals surface area contributed by atoms with Gasteiger partial charge < -0.3 is 4.90 Å². The summed E-state index contributed by atoms with van der Waals surface area (Å²) in [5.74, 6) is -0.686. The molecule has 0 saturated carbocycles. The van der Waals surface area contributed by atoms with Gasteiger partial charge in [0.25, 0.3) is 5.91 Å². The monoisotopic (exact) mass is 474 g/mol. The average molecular weight is 475 g/mol. The molecule has 0 aliphatic heterocycles. The molecule has 0 spiro atoms. The number of thiocarbonyl (C=S) groups is 1. The fourth-order valence-corrected chi connectivity index (χ4v) is 4.32. The lowest BCUT2D eigenvalue weighted by atomic mass is 9.94. The number of carbonyl (C=O) groups excluding carboxylic acids is 1. The molecule has 6 heteroatoms. The second-order valence-corrected chi connectivity index (χ2v) is 8.55. The molecule has 1 aliphatic rings. The average Bonchev–Trinajstić information content (AvgIpc) is 2.72. The van der Waals surface area contributed by atoms with Crippen molar-refractivity contribution in [3.63, 3.8) is 0 Å². The van der Waals surface area contributed by atoms with Gasteiger partial charge in [-0.2, -0.15) is 0 Å².